The number of benzene rings is 3. The first-order chi connectivity index (χ1) is 17.5. The van der Waals surface area contributed by atoms with E-state index in [1.54, 1.807) is 36.4 Å². The van der Waals surface area contributed by atoms with Gasteiger partial charge in [0.05, 0.1) is 0 Å². The highest BCUT2D eigenvalue weighted by Gasteiger charge is 2.36. The number of carboxylic acid groups (broad SMARTS) is 1. The number of likely N-dealkylation sites (N-methyl/N-ethyl adjacent to an activating group) is 2. The number of hydrogen-bond donors (Lipinski definition) is 2. The zero-order valence-corrected chi connectivity index (χ0v) is 20.4. The van der Waals surface area contributed by atoms with E-state index in [9.17, 15) is 32.7 Å². The van der Waals surface area contributed by atoms with E-state index in [4.69, 9.17) is 0 Å². The Balaban J connectivity index is 1.90. The molecule has 0 aliphatic rings. The monoisotopic (exact) mass is 515 g/mol. The topological polar surface area (TPSA) is 90.0 Å². The molecule has 0 bridgehead atoms. The maximum absolute atomic E-state index is 13.6. The normalized spacial score (nSPS) is 13.0. The summed E-state index contributed by atoms with van der Waals surface area (Å²) >= 11 is 0. The van der Waals surface area contributed by atoms with Crippen molar-refractivity contribution in [2.75, 3.05) is 20.6 Å². The molecule has 3 rings (SSSR count). The average Bonchev–Trinajstić information content (AvgIpc) is 2.87. The van der Waals surface area contributed by atoms with E-state index < -0.39 is 42.7 Å². The Morgan fingerprint density at radius 2 is 1.41 bits per heavy atom. The van der Waals surface area contributed by atoms with Crippen LogP contribution >= 0.6 is 0 Å². The smallest absolute Gasteiger partial charge is 0.407 e. The second-order valence-corrected chi connectivity index (χ2v) is 8.78. The molecule has 37 heavy (non-hydrogen) atoms. The molecule has 0 aromatic heterocycles. The first-order valence-corrected chi connectivity index (χ1v) is 11.5. The molecule has 0 fully saturated rings. The van der Waals surface area contributed by atoms with E-state index in [0.29, 0.717) is 11.1 Å². The van der Waals surface area contributed by atoms with Crippen LogP contribution in [0, 0.1) is 0 Å². The van der Waals surface area contributed by atoms with E-state index in [-0.39, 0.29) is 12.8 Å². The van der Waals surface area contributed by atoms with Crippen LogP contribution in [0.2, 0.25) is 0 Å². The Kier molecular flexibility index (Phi) is 8.75. The Labute approximate surface area is 212 Å². The van der Waals surface area contributed by atoms with Gasteiger partial charge in [0.1, 0.15) is 18.6 Å². The third-order valence-electron chi connectivity index (χ3n) is 6.15. The van der Waals surface area contributed by atoms with E-state index in [1.807, 2.05) is 41.7 Å². The van der Waals surface area contributed by atoms with Crippen molar-refractivity contribution in [1.82, 2.24) is 15.1 Å². The molecule has 7 nitrogen and oxygen atoms in total. The summed E-state index contributed by atoms with van der Waals surface area (Å²) in [4.78, 5) is 40.2. The van der Waals surface area contributed by atoms with Crippen LogP contribution < -0.4 is 5.32 Å². The standard InChI is InChI=1S/C27H28F3N3O4/c1-32(22(15-18-8-4-3-5-9-18)24(34)31-17-27(28,29)30)25(35)23(33(2)26(36)37)16-19-12-13-20-10-6-7-11-21(20)14-19/h3-14,22-23H,15-17H2,1-2H3,(H,31,34)(H,36,37)/t22-,23-/m1/s1. The number of nitrogens with zero attached hydrogens (tertiary/aromatic N) is 2. The molecule has 3 aromatic carbocycles. The molecule has 0 saturated carbocycles. The summed E-state index contributed by atoms with van der Waals surface area (Å²) in [5.74, 6) is -1.69. The third-order valence-corrected chi connectivity index (χ3v) is 6.15. The highest BCUT2D eigenvalue weighted by atomic mass is 19.4. The van der Waals surface area contributed by atoms with Gasteiger partial charge in [0.15, 0.2) is 0 Å². The summed E-state index contributed by atoms with van der Waals surface area (Å²) in [6.45, 7) is -1.55. The van der Waals surface area contributed by atoms with E-state index in [0.717, 1.165) is 20.6 Å². The van der Waals surface area contributed by atoms with Crippen LogP contribution in [0.4, 0.5) is 18.0 Å². The van der Waals surface area contributed by atoms with Gasteiger partial charge in [-0.2, -0.15) is 13.2 Å². The van der Waals surface area contributed by atoms with Gasteiger partial charge in [-0.1, -0.05) is 72.8 Å². The van der Waals surface area contributed by atoms with Crippen molar-refractivity contribution >= 4 is 28.7 Å². The largest absolute Gasteiger partial charge is 0.465 e. The van der Waals surface area contributed by atoms with Crippen LogP contribution in [-0.2, 0) is 22.4 Å². The molecule has 3 aromatic rings. The molecular formula is C27H28F3N3O4. The number of rotatable bonds is 9. The van der Waals surface area contributed by atoms with Crippen LogP contribution in [0.25, 0.3) is 10.8 Å². The Hall–Kier alpha value is -4.08. The van der Waals surface area contributed by atoms with Gasteiger partial charge < -0.3 is 15.3 Å². The van der Waals surface area contributed by atoms with E-state index in [2.05, 4.69) is 0 Å². The minimum Gasteiger partial charge on any atom is -0.465 e. The molecule has 0 radical (unpaired) electrons. The summed E-state index contributed by atoms with van der Waals surface area (Å²) < 4.78 is 38.3. The molecule has 0 saturated heterocycles. The SMILES string of the molecule is CN(C(=O)O)[C@H](Cc1ccc2ccccc2c1)C(=O)N(C)[C@H](Cc1ccccc1)C(=O)NCC(F)(F)F. The molecule has 2 atom stereocenters. The fraction of sp³-hybridized carbons (Fsp3) is 0.296. The van der Waals surface area contributed by atoms with Crippen LogP contribution in [-0.4, -0.2) is 71.7 Å². The van der Waals surface area contributed by atoms with E-state index >= 15 is 0 Å². The first kappa shape index (κ1) is 27.5. The molecule has 0 aliphatic carbocycles. The fourth-order valence-electron chi connectivity index (χ4n) is 4.05. The van der Waals surface area contributed by atoms with Crippen LogP contribution in [0.5, 0.6) is 0 Å². The van der Waals surface area contributed by atoms with Crippen LogP contribution in [0.15, 0.2) is 72.8 Å². The van der Waals surface area contributed by atoms with Crippen LogP contribution in [0.3, 0.4) is 0 Å². The average molecular weight is 516 g/mol. The Morgan fingerprint density at radius 1 is 0.811 bits per heavy atom. The number of hydrogen-bond acceptors (Lipinski definition) is 3. The lowest BCUT2D eigenvalue weighted by Crippen LogP contribution is -2.56. The number of amides is 3. The van der Waals surface area contributed by atoms with Crippen molar-refractivity contribution in [1.29, 1.82) is 0 Å². The number of fused-ring (bicyclic) bond motifs is 1. The zero-order chi connectivity index (χ0) is 27.2. The molecule has 10 heteroatoms. The lowest BCUT2D eigenvalue weighted by atomic mass is 9.98. The molecule has 0 heterocycles. The van der Waals surface area contributed by atoms with Gasteiger partial charge in [0, 0.05) is 26.9 Å². The van der Waals surface area contributed by atoms with Gasteiger partial charge in [0.2, 0.25) is 11.8 Å². The van der Waals surface area contributed by atoms with Crippen molar-refractivity contribution < 1.29 is 32.7 Å². The quantitative estimate of drug-likeness (QED) is 0.449. The van der Waals surface area contributed by atoms with Gasteiger partial charge in [-0.05, 0) is 21.9 Å². The maximum atomic E-state index is 13.6. The lowest BCUT2D eigenvalue weighted by Gasteiger charge is -2.33. The second kappa shape index (κ2) is 11.8. The van der Waals surface area contributed by atoms with Crippen LogP contribution in [0.1, 0.15) is 11.1 Å². The summed E-state index contributed by atoms with van der Waals surface area (Å²) in [5, 5.41) is 13.4. The van der Waals surface area contributed by atoms with Crippen molar-refractivity contribution in [3.63, 3.8) is 0 Å². The predicted octanol–water partition coefficient (Wildman–Crippen LogP) is 4.11. The van der Waals surface area contributed by atoms with Gasteiger partial charge in [0.25, 0.3) is 0 Å². The van der Waals surface area contributed by atoms with Crippen molar-refractivity contribution in [2.45, 2.75) is 31.1 Å². The molecule has 3 amide bonds. The minimum atomic E-state index is -4.63. The Morgan fingerprint density at radius 3 is 2.03 bits per heavy atom. The summed E-state index contributed by atoms with van der Waals surface area (Å²) in [5.41, 5.74) is 1.33. The highest BCUT2D eigenvalue weighted by molar-refractivity contribution is 5.91. The fourth-order valence-corrected chi connectivity index (χ4v) is 4.05. The lowest BCUT2D eigenvalue weighted by molar-refractivity contribution is -0.147. The first-order valence-electron chi connectivity index (χ1n) is 11.5. The van der Waals surface area contributed by atoms with Gasteiger partial charge in [-0.15, -0.1) is 0 Å². The molecule has 0 unspecified atom stereocenters. The number of carbonyl (C=O) groups excluding carboxylic acids is 2. The summed E-state index contributed by atoms with van der Waals surface area (Å²) in [6.07, 6.45) is -6.02. The Bertz CT molecular complexity index is 1250. The third kappa shape index (κ3) is 7.45. The number of nitrogens with one attached hydrogen (secondary N) is 1. The highest BCUT2D eigenvalue weighted by Crippen LogP contribution is 2.20. The van der Waals surface area contributed by atoms with Crippen molar-refractivity contribution in [2.24, 2.45) is 0 Å². The van der Waals surface area contributed by atoms with Gasteiger partial charge >= 0.3 is 12.3 Å². The van der Waals surface area contributed by atoms with Crippen molar-refractivity contribution in [3.8, 4) is 0 Å². The summed E-state index contributed by atoms with van der Waals surface area (Å²) in [7, 11) is 2.54. The molecule has 2 N–H and O–H groups in total. The number of alkyl halides is 3. The molecule has 0 aliphatic heterocycles. The van der Waals surface area contributed by atoms with Crippen molar-refractivity contribution in [3.05, 3.63) is 83.9 Å². The maximum Gasteiger partial charge on any atom is 0.407 e. The second-order valence-electron chi connectivity index (χ2n) is 8.78. The molecule has 196 valence electrons. The summed E-state index contributed by atoms with van der Waals surface area (Å²) in [6, 6.07) is 19.1. The molecule has 0 spiro atoms. The van der Waals surface area contributed by atoms with Gasteiger partial charge in [-0.3, -0.25) is 14.5 Å². The number of carbonyl (C=O) groups is 3. The predicted molar refractivity (Wildman–Crippen MR) is 133 cm³/mol. The van der Waals surface area contributed by atoms with Gasteiger partial charge in [-0.25, -0.2) is 4.79 Å². The molecular weight excluding hydrogens is 487 g/mol. The zero-order valence-electron chi connectivity index (χ0n) is 20.4. The number of halogens is 3. The van der Waals surface area contributed by atoms with E-state index in [1.165, 1.54) is 14.1 Å². The minimum absolute atomic E-state index is 0.0129.